The van der Waals surface area contributed by atoms with Gasteiger partial charge in [-0.05, 0) is 24.7 Å². The summed E-state index contributed by atoms with van der Waals surface area (Å²) in [5, 5.41) is 33.7. The van der Waals surface area contributed by atoms with Crippen molar-refractivity contribution in [3.05, 3.63) is 0 Å². The number of carbonyl (C=O) groups is 6. The topological polar surface area (TPSA) is 225 Å². The third-order valence-electron chi connectivity index (χ3n) is 4.59. The number of hydrogen-bond donors (Lipinski definition) is 7. The highest BCUT2D eigenvalue weighted by atomic mass is 16.4. The Morgan fingerprint density at radius 1 is 0.758 bits per heavy atom. The Hall–Kier alpha value is -3.22. The maximum absolute atomic E-state index is 12.9. The molecule has 0 saturated carbocycles. The second kappa shape index (κ2) is 14.0. The predicted molar refractivity (Wildman–Crippen MR) is 115 cm³/mol. The molecule has 0 spiro atoms. The van der Waals surface area contributed by atoms with Gasteiger partial charge in [0.2, 0.25) is 17.7 Å². The average Bonchev–Trinajstić information content (AvgIpc) is 2.67. The second-order valence-electron chi connectivity index (χ2n) is 8.46. The van der Waals surface area contributed by atoms with Gasteiger partial charge in [0.15, 0.2) is 0 Å². The molecule has 13 heteroatoms. The largest absolute Gasteiger partial charge is 0.481 e. The summed E-state index contributed by atoms with van der Waals surface area (Å²) in [4.78, 5) is 70.5. The molecule has 0 aromatic heterocycles. The highest BCUT2D eigenvalue weighted by Crippen LogP contribution is 2.09. The molecule has 0 saturated heterocycles. The van der Waals surface area contributed by atoms with E-state index in [2.05, 4.69) is 16.0 Å². The smallest absolute Gasteiger partial charge is 0.326 e. The third-order valence-corrected chi connectivity index (χ3v) is 4.59. The number of nitrogens with two attached hydrogens (primary N) is 1. The Bertz CT molecular complexity index is 739. The molecule has 13 nitrogen and oxygen atoms in total. The molecule has 33 heavy (non-hydrogen) atoms. The predicted octanol–water partition coefficient (Wildman–Crippen LogP) is -1.11. The van der Waals surface area contributed by atoms with Gasteiger partial charge in [0.1, 0.15) is 18.1 Å². The fourth-order valence-corrected chi connectivity index (χ4v) is 2.82. The zero-order valence-electron chi connectivity index (χ0n) is 19.2. The van der Waals surface area contributed by atoms with E-state index in [0.717, 1.165) is 0 Å². The monoisotopic (exact) mass is 474 g/mol. The van der Waals surface area contributed by atoms with E-state index in [-0.39, 0.29) is 25.2 Å². The molecule has 0 fully saturated rings. The molecular formula is C20H34N4O9. The van der Waals surface area contributed by atoms with Crippen LogP contribution in [0.5, 0.6) is 0 Å². The Balaban J connectivity index is 5.42. The van der Waals surface area contributed by atoms with E-state index in [1.807, 2.05) is 0 Å². The molecule has 0 aromatic rings. The van der Waals surface area contributed by atoms with Crippen LogP contribution in [0.4, 0.5) is 0 Å². The van der Waals surface area contributed by atoms with E-state index in [1.165, 1.54) is 0 Å². The van der Waals surface area contributed by atoms with Crippen LogP contribution < -0.4 is 21.7 Å². The Kier molecular flexibility index (Phi) is 12.7. The van der Waals surface area contributed by atoms with Crippen LogP contribution in [0.25, 0.3) is 0 Å². The van der Waals surface area contributed by atoms with Crippen LogP contribution in [-0.2, 0) is 28.8 Å². The Morgan fingerprint density at radius 3 is 1.73 bits per heavy atom. The zero-order valence-corrected chi connectivity index (χ0v) is 19.2. The number of carboxylic acids is 3. The van der Waals surface area contributed by atoms with Gasteiger partial charge < -0.3 is 37.0 Å². The van der Waals surface area contributed by atoms with Gasteiger partial charge in [0, 0.05) is 6.42 Å². The van der Waals surface area contributed by atoms with Gasteiger partial charge in [-0.25, -0.2) is 4.79 Å². The van der Waals surface area contributed by atoms with Gasteiger partial charge in [-0.15, -0.1) is 0 Å². The Morgan fingerprint density at radius 2 is 1.30 bits per heavy atom. The number of nitrogens with one attached hydrogen (secondary N) is 3. The van der Waals surface area contributed by atoms with Gasteiger partial charge >= 0.3 is 17.9 Å². The van der Waals surface area contributed by atoms with Crippen LogP contribution in [0, 0.1) is 11.8 Å². The van der Waals surface area contributed by atoms with Gasteiger partial charge in [0.25, 0.3) is 0 Å². The normalized spacial score (nSPS) is 14.6. The van der Waals surface area contributed by atoms with Gasteiger partial charge in [-0.3, -0.25) is 24.0 Å². The number of carbonyl (C=O) groups excluding carboxylic acids is 3. The number of amides is 3. The molecule has 0 aromatic carbocycles. The van der Waals surface area contributed by atoms with E-state index < -0.39 is 72.1 Å². The summed E-state index contributed by atoms with van der Waals surface area (Å²) >= 11 is 0. The molecule has 3 amide bonds. The van der Waals surface area contributed by atoms with Crippen molar-refractivity contribution in [3.8, 4) is 0 Å². The molecule has 0 aliphatic heterocycles. The van der Waals surface area contributed by atoms with Gasteiger partial charge in [-0.2, -0.15) is 0 Å². The second-order valence-corrected chi connectivity index (χ2v) is 8.46. The van der Waals surface area contributed by atoms with Gasteiger partial charge in [0.05, 0.1) is 12.5 Å². The van der Waals surface area contributed by atoms with Crippen molar-refractivity contribution in [3.63, 3.8) is 0 Å². The van der Waals surface area contributed by atoms with E-state index >= 15 is 0 Å². The molecule has 8 N–H and O–H groups in total. The minimum Gasteiger partial charge on any atom is -0.481 e. The molecule has 0 aliphatic carbocycles. The summed E-state index contributed by atoms with van der Waals surface area (Å²) in [7, 11) is 0. The van der Waals surface area contributed by atoms with Gasteiger partial charge in [-0.1, -0.05) is 27.7 Å². The summed E-state index contributed by atoms with van der Waals surface area (Å²) < 4.78 is 0. The average molecular weight is 475 g/mol. The number of rotatable bonds is 15. The molecular weight excluding hydrogens is 440 g/mol. The van der Waals surface area contributed by atoms with Crippen LogP contribution in [0.3, 0.4) is 0 Å². The van der Waals surface area contributed by atoms with E-state index in [1.54, 1.807) is 27.7 Å². The number of aliphatic carboxylic acids is 3. The molecule has 4 unspecified atom stereocenters. The third kappa shape index (κ3) is 11.8. The lowest BCUT2D eigenvalue weighted by atomic mass is 9.99. The highest BCUT2D eigenvalue weighted by molar-refractivity contribution is 5.94. The molecule has 0 aliphatic rings. The SMILES string of the molecule is CC(C)CC(NC(=O)C(NC(=O)C(N)CCC(=O)O)C(C)C)C(=O)NC(CC(=O)O)C(=O)O. The summed E-state index contributed by atoms with van der Waals surface area (Å²) in [6.07, 6.45) is -1.19. The van der Waals surface area contributed by atoms with Crippen LogP contribution in [0.2, 0.25) is 0 Å². The Labute approximate surface area is 191 Å². The van der Waals surface area contributed by atoms with Crippen LogP contribution in [-0.4, -0.2) is 75.1 Å². The maximum Gasteiger partial charge on any atom is 0.326 e. The van der Waals surface area contributed by atoms with Crippen LogP contribution >= 0.6 is 0 Å². The number of carboxylic acid groups (broad SMARTS) is 3. The van der Waals surface area contributed by atoms with E-state index in [0.29, 0.717) is 0 Å². The minimum atomic E-state index is -1.69. The molecule has 188 valence electrons. The molecule has 0 bridgehead atoms. The van der Waals surface area contributed by atoms with Crippen molar-refractivity contribution in [2.75, 3.05) is 0 Å². The summed E-state index contributed by atoms with van der Waals surface area (Å²) in [6.45, 7) is 6.80. The quantitative estimate of drug-likeness (QED) is 0.151. The first-order valence-electron chi connectivity index (χ1n) is 10.5. The van der Waals surface area contributed by atoms with E-state index in [4.69, 9.17) is 21.1 Å². The zero-order chi connectivity index (χ0) is 25.9. The molecule has 0 heterocycles. The fraction of sp³-hybridized carbons (Fsp3) is 0.700. The highest BCUT2D eigenvalue weighted by Gasteiger charge is 2.32. The van der Waals surface area contributed by atoms with Crippen LogP contribution in [0.1, 0.15) is 53.4 Å². The molecule has 4 atom stereocenters. The van der Waals surface area contributed by atoms with Crippen molar-refractivity contribution in [2.45, 2.75) is 77.5 Å². The first-order chi connectivity index (χ1) is 15.1. The van der Waals surface area contributed by atoms with E-state index in [9.17, 15) is 28.8 Å². The lowest BCUT2D eigenvalue weighted by Gasteiger charge is -2.27. The minimum absolute atomic E-state index is 0.0969. The summed E-state index contributed by atoms with van der Waals surface area (Å²) in [6, 6.07) is -5.14. The first-order valence-corrected chi connectivity index (χ1v) is 10.5. The lowest BCUT2D eigenvalue weighted by molar-refractivity contribution is -0.147. The van der Waals surface area contributed by atoms with Crippen molar-refractivity contribution in [1.29, 1.82) is 0 Å². The van der Waals surface area contributed by atoms with Crippen LogP contribution in [0.15, 0.2) is 0 Å². The van der Waals surface area contributed by atoms with Crippen molar-refractivity contribution in [2.24, 2.45) is 17.6 Å². The maximum atomic E-state index is 12.9. The van der Waals surface area contributed by atoms with Crippen molar-refractivity contribution < 1.29 is 44.1 Å². The molecule has 0 radical (unpaired) electrons. The first kappa shape index (κ1) is 29.8. The van der Waals surface area contributed by atoms with Crippen molar-refractivity contribution in [1.82, 2.24) is 16.0 Å². The fourth-order valence-electron chi connectivity index (χ4n) is 2.82. The molecule has 0 rings (SSSR count). The lowest BCUT2D eigenvalue weighted by Crippen LogP contribution is -2.58. The standard InChI is InChI=1S/C20H34N4O9/c1-9(2)7-12(18(30)23-13(20(32)33)8-15(27)28)22-19(31)16(10(3)4)24-17(29)11(21)5-6-14(25)26/h9-13,16H,5-8,21H2,1-4H3,(H,22,31)(H,23,30)(H,24,29)(H,25,26)(H,27,28)(H,32,33). The van der Waals surface area contributed by atoms with Crippen molar-refractivity contribution >= 4 is 35.6 Å². The summed E-state index contributed by atoms with van der Waals surface area (Å²) in [5.74, 6) is -6.95. The summed E-state index contributed by atoms with van der Waals surface area (Å²) in [5.41, 5.74) is 5.68. The number of hydrogen-bond acceptors (Lipinski definition) is 7.